The largest absolute Gasteiger partial charge is 0.310 e. The van der Waals surface area contributed by atoms with E-state index in [2.05, 4.69) is 313 Å². The van der Waals surface area contributed by atoms with Crippen LogP contribution in [0, 0.1) is 20.8 Å². The van der Waals surface area contributed by atoms with Crippen molar-refractivity contribution in [2.24, 2.45) is 0 Å². The molecule has 18 rings (SSSR count). The van der Waals surface area contributed by atoms with Gasteiger partial charge >= 0.3 is 0 Å². The van der Waals surface area contributed by atoms with Gasteiger partial charge in [-0.25, -0.2) is 0 Å². The molecule has 0 spiro atoms. The Morgan fingerprint density at radius 1 is 0.184 bits per heavy atom. The summed E-state index contributed by atoms with van der Waals surface area (Å²) >= 11 is 0. The number of hydrogen-bond acceptors (Lipinski definition) is 10. The molecule has 0 aliphatic carbocycles. The summed E-state index contributed by atoms with van der Waals surface area (Å²) < 4.78 is 0. The fourth-order valence-electron chi connectivity index (χ4n) is 14.9. The van der Waals surface area contributed by atoms with Crippen molar-refractivity contribution in [2.75, 3.05) is 19.6 Å². The molecule has 0 aliphatic heterocycles. The highest BCUT2D eigenvalue weighted by atomic mass is 15.2. The van der Waals surface area contributed by atoms with Crippen molar-refractivity contribution in [3.05, 3.63) is 363 Å². The van der Waals surface area contributed by atoms with Gasteiger partial charge in [-0.3, -0.25) is 29.9 Å². The summed E-state index contributed by atoms with van der Waals surface area (Å²) in [5.41, 5.74) is 26.9. The zero-order valence-corrected chi connectivity index (χ0v) is 56.9. The van der Waals surface area contributed by atoms with Crippen LogP contribution in [0.5, 0.6) is 0 Å². The Kier molecular flexibility index (Phi) is 15.7. The molecule has 103 heavy (non-hydrogen) atoms. The Morgan fingerprint density at radius 3 is 0.621 bits per heavy atom. The topological polar surface area (TPSA) is 90.3 Å². The third kappa shape index (κ3) is 11.3. The molecular formula is C93H66N10. The average molecular weight is 1320 g/mol. The van der Waals surface area contributed by atoms with Crippen molar-refractivity contribution in [2.45, 2.75) is 20.8 Å². The molecular weight excluding hydrogens is 1260 g/mol. The van der Waals surface area contributed by atoms with Crippen LogP contribution in [0.15, 0.2) is 347 Å². The van der Waals surface area contributed by atoms with E-state index in [9.17, 15) is 0 Å². The molecule has 488 valence electrons. The van der Waals surface area contributed by atoms with Gasteiger partial charge in [-0.2, -0.15) is 0 Å². The van der Waals surface area contributed by atoms with E-state index in [1.54, 1.807) is 0 Å². The molecule has 6 heterocycles. The Hall–Kier alpha value is -13.7. The summed E-state index contributed by atoms with van der Waals surface area (Å²) in [5, 5.41) is 6.31. The quantitative estimate of drug-likeness (QED) is 0.0988. The normalized spacial score (nSPS) is 11.4. The molecule has 0 bridgehead atoms. The Morgan fingerprint density at radius 2 is 0.388 bits per heavy atom. The van der Waals surface area contributed by atoms with Crippen molar-refractivity contribution in [1.82, 2.24) is 29.9 Å². The van der Waals surface area contributed by atoms with Gasteiger partial charge in [-0.15, -0.1) is 0 Å². The number of aryl methyl sites for hydroxylation is 3. The minimum atomic E-state index is 0.897. The standard InChI is InChI=1S/C93H66N10/c1-61-43-46-76(101(82-37-7-19-64-28-13-49-94-88(64)82)83-38-8-20-65-29-14-50-95-89(65)83)58-79(61)70-25-4-34-73(55-70)100(74-35-5-26-71(56-74)80-59-77(47-44-62(80)2)102(84-39-9-21-66-30-15-51-96-90(66)84)85-40-10-22-67-31-16-52-97-91(67)85)75-36-6-27-72(57-75)81-60-78(48-45-63(81)3)103(86-41-11-23-68-32-17-53-98-92(68)86)87-42-12-24-69-33-18-54-99-93(69)87/h4-60H,1-3H3. The van der Waals surface area contributed by atoms with Crippen LogP contribution in [-0.2, 0) is 0 Å². The van der Waals surface area contributed by atoms with Crippen LogP contribution in [0.25, 0.3) is 98.8 Å². The summed E-state index contributed by atoms with van der Waals surface area (Å²) in [6, 6.07) is 110. The Bertz CT molecular complexity index is 5450. The lowest BCUT2D eigenvalue weighted by Gasteiger charge is -2.29. The zero-order valence-electron chi connectivity index (χ0n) is 56.9. The monoisotopic (exact) mass is 1320 g/mol. The highest BCUT2D eigenvalue weighted by Crippen LogP contribution is 2.49. The molecule has 0 radical (unpaired) electrons. The minimum absolute atomic E-state index is 0.897. The van der Waals surface area contributed by atoms with Crippen molar-refractivity contribution in [3.8, 4) is 33.4 Å². The maximum Gasteiger partial charge on any atom is 0.0942 e. The van der Waals surface area contributed by atoms with Crippen LogP contribution >= 0.6 is 0 Å². The molecule has 6 aromatic heterocycles. The fourth-order valence-corrected chi connectivity index (χ4v) is 14.9. The first kappa shape index (κ1) is 61.6. The van der Waals surface area contributed by atoms with Gasteiger partial charge in [0.25, 0.3) is 0 Å². The molecule has 0 saturated carbocycles. The van der Waals surface area contributed by atoms with Crippen molar-refractivity contribution >= 4 is 134 Å². The number of rotatable bonds is 15. The highest BCUT2D eigenvalue weighted by molar-refractivity contribution is 6.06. The van der Waals surface area contributed by atoms with E-state index >= 15 is 0 Å². The smallest absolute Gasteiger partial charge is 0.0942 e. The van der Waals surface area contributed by atoms with Gasteiger partial charge in [-0.1, -0.05) is 164 Å². The van der Waals surface area contributed by atoms with E-state index in [-0.39, 0.29) is 0 Å². The van der Waals surface area contributed by atoms with E-state index in [0.29, 0.717) is 0 Å². The number of nitrogens with zero attached hydrogens (tertiary/aromatic N) is 10. The molecule has 0 saturated heterocycles. The van der Waals surface area contributed by atoms with Gasteiger partial charge in [0.1, 0.15) is 0 Å². The molecule has 0 aliphatic rings. The molecule has 0 fully saturated rings. The lowest BCUT2D eigenvalue weighted by atomic mass is 9.96. The first-order valence-corrected chi connectivity index (χ1v) is 34.7. The Labute approximate surface area is 597 Å². The van der Waals surface area contributed by atoms with Gasteiger partial charge < -0.3 is 19.6 Å². The molecule has 0 atom stereocenters. The summed E-state index contributed by atoms with van der Waals surface area (Å²) in [7, 11) is 0. The summed E-state index contributed by atoms with van der Waals surface area (Å²) in [5.74, 6) is 0. The molecule has 0 unspecified atom stereocenters. The zero-order chi connectivity index (χ0) is 68.9. The number of anilines is 12. The molecule has 10 nitrogen and oxygen atoms in total. The van der Waals surface area contributed by atoms with Crippen molar-refractivity contribution in [3.63, 3.8) is 0 Å². The number of fused-ring (bicyclic) bond motifs is 6. The Balaban J connectivity index is 0.809. The van der Waals surface area contributed by atoms with Crippen LogP contribution < -0.4 is 19.6 Å². The molecule has 12 aromatic carbocycles. The summed E-state index contributed by atoms with van der Waals surface area (Å²) in [6.07, 6.45) is 11.2. The molecule has 10 heteroatoms. The predicted molar refractivity (Wildman–Crippen MR) is 427 cm³/mol. The van der Waals surface area contributed by atoms with Crippen LogP contribution in [0.1, 0.15) is 16.7 Å². The maximum atomic E-state index is 5.01. The van der Waals surface area contributed by atoms with Gasteiger partial charge in [0.05, 0.1) is 67.2 Å². The van der Waals surface area contributed by atoms with Crippen LogP contribution in [0.4, 0.5) is 68.2 Å². The van der Waals surface area contributed by atoms with E-state index in [4.69, 9.17) is 29.9 Å². The number of pyridine rings is 6. The first-order valence-electron chi connectivity index (χ1n) is 34.7. The maximum absolute atomic E-state index is 5.01. The molecule has 0 N–H and O–H groups in total. The average Bonchev–Trinajstić information content (AvgIpc) is 0.769. The van der Waals surface area contributed by atoms with E-state index in [1.165, 1.54) is 0 Å². The lowest BCUT2D eigenvalue weighted by molar-refractivity contribution is 1.26. The highest BCUT2D eigenvalue weighted by Gasteiger charge is 2.26. The second-order valence-electron chi connectivity index (χ2n) is 26.1. The second kappa shape index (κ2) is 26.2. The third-order valence-electron chi connectivity index (χ3n) is 19.8. The van der Waals surface area contributed by atoms with Gasteiger partial charge in [0, 0.05) is 104 Å². The second-order valence-corrected chi connectivity index (χ2v) is 26.1. The predicted octanol–water partition coefficient (Wildman–Crippen LogP) is 24.8. The van der Waals surface area contributed by atoms with Crippen LogP contribution in [0.2, 0.25) is 0 Å². The molecule has 18 aromatic rings. The van der Waals surface area contributed by atoms with E-state index < -0.39 is 0 Å². The van der Waals surface area contributed by atoms with Crippen LogP contribution in [0.3, 0.4) is 0 Å². The van der Waals surface area contributed by atoms with Crippen molar-refractivity contribution < 1.29 is 0 Å². The first-order chi connectivity index (χ1) is 50.8. The number of para-hydroxylation sites is 6. The van der Waals surface area contributed by atoms with Crippen LogP contribution in [-0.4, -0.2) is 29.9 Å². The number of benzene rings is 12. The molecule has 0 amide bonds. The van der Waals surface area contributed by atoms with Crippen molar-refractivity contribution in [1.29, 1.82) is 0 Å². The third-order valence-corrected chi connectivity index (χ3v) is 19.8. The fraction of sp³-hybridized carbons (Fsp3) is 0.0323. The lowest BCUT2D eigenvalue weighted by Crippen LogP contribution is -2.13. The summed E-state index contributed by atoms with van der Waals surface area (Å²) in [6.45, 7) is 6.61. The van der Waals surface area contributed by atoms with E-state index in [0.717, 1.165) is 184 Å². The van der Waals surface area contributed by atoms with E-state index in [1.807, 2.05) is 73.6 Å². The number of aromatic nitrogens is 6. The summed E-state index contributed by atoms with van der Waals surface area (Å²) in [4.78, 5) is 39.5. The number of hydrogen-bond donors (Lipinski definition) is 0. The van der Waals surface area contributed by atoms with Gasteiger partial charge in [0.15, 0.2) is 0 Å². The SMILES string of the molecule is Cc1ccc(N(c2cccc3cccnc23)c2cccc3cccnc23)cc1-c1cccc(N(c2cccc(-c3cc(N(c4cccc5cccnc45)c4cccc5cccnc45)ccc3C)c2)c2cccc(-c3cc(N(c4cccc5cccnc45)c4cccc5cccnc45)ccc3C)c2)c1. The van der Waals surface area contributed by atoms with Gasteiger partial charge in [0.2, 0.25) is 0 Å². The minimum Gasteiger partial charge on any atom is -0.310 e. The van der Waals surface area contributed by atoms with Gasteiger partial charge in [-0.05, 0) is 216 Å².